The lowest BCUT2D eigenvalue weighted by atomic mass is 15.8. The van der Waals surface area contributed by atoms with Crippen LogP contribution in [0.2, 0.25) is 0 Å². The molecule has 0 aromatic carbocycles. The Labute approximate surface area is 37.0 Å². The second kappa shape index (κ2) is 4.50. The van der Waals surface area contributed by atoms with Crippen molar-refractivity contribution in [3.8, 4) is 0 Å². The van der Waals surface area contributed by atoms with Crippen molar-refractivity contribution in [3.63, 3.8) is 0 Å². The number of hydrogen-bond donors (Lipinski definition) is 0. The van der Waals surface area contributed by atoms with Gasteiger partial charge in [0.2, 0.25) is 0 Å². The topological polar surface area (TPSA) is 63.2 Å². The van der Waals surface area contributed by atoms with Crippen LogP contribution in [-0.2, 0) is 18.1 Å². The van der Waals surface area contributed by atoms with E-state index in [2.05, 4.69) is 0 Å². The minimum atomic E-state index is -3.63. The van der Waals surface area contributed by atoms with Crippen LogP contribution >= 0.6 is 8.25 Å². The van der Waals surface area contributed by atoms with E-state index in [0.717, 1.165) is 0 Å². The average Bonchev–Trinajstić information content (AvgIpc) is 0.811. The summed E-state index contributed by atoms with van der Waals surface area (Å²) in [5.41, 5.74) is 0. The molecule has 0 saturated heterocycles. The molecule has 30 valence electrons. The van der Waals surface area contributed by atoms with E-state index in [1.54, 1.807) is 0 Å². The molecule has 5 heavy (non-hydrogen) atoms. The monoisotopic (exact) mass is 112 g/mol. The lowest BCUT2D eigenvalue weighted by Crippen LogP contribution is -1.97. The first kappa shape index (κ1) is 9.09. The van der Waals surface area contributed by atoms with Crippen LogP contribution in [0, 0.1) is 0 Å². The highest BCUT2D eigenvalue weighted by Crippen LogP contribution is 1.79. The maximum atomic E-state index is 8.52. The molecule has 0 aliphatic heterocycles. The molecule has 0 atom stereocenters. The fourth-order valence-electron chi connectivity index (χ4n) is 0. The fourth-order valence-corrected chi connectivity index (χ4v) is 0. The molecule has 0 aromatic heterocycles. The molecule has 0 heterocycles. The van der Waals surface area contributed by atoms with E-state index < -0.39 is 8.25 Å². The molecular formula is HO3PS. The van der Waals surface area contributed by atoms with Crippen LogP contribution < -0.4 is 9.79 Å². The highest BCUT2D eigenvalue weighted by atomic mass is 32.1. The van der Waals surface area contributed by atoms with E-state index >= 15 is 0 Å². The van der Waals surface area contributed by atoms with E-state index in [-0.39, 0.29) is 13.5 Å². The van der Waals surface area contributed by atoms with Gasteiger partial charge in [-0.15, -0.1) is 0 Å². The van der Waals surface area contributed by atoms with Crippen LogP contribution in [0.25, 0.3) is 0 Å². The summed E-state index contributed by atoms with van der Waals surface area (Å²) in [7, 11) is -3.63. The third-order valence-corrected chi connectivity index (χ3v) is 0. The van der Waals surface area contributed by atoms with Crippen LogP contribution in [0.5, 0.6) is 0 Å². The Morgan fingerprint density at radius 3 is 1.40 bits per heavy atom. The largest absolute Gasteiger partial charge is 2.00 e. The molecule has 0 unspecified atom stereocenters. The van der Waals surface area contributed by atoms with Gasteiger partial charge in [-0.25, -0.2) is 0 Å². The minimum Gasteiger partial charge on any atom is -0.813 e. The van der Waals surface area contributed by atoms with Crippen LogP contribution in [-0.4, -0.2) is 0 Å². The minimum absolute atomic E-state index is 0. The van der Waals surface area contributed by atoms with Crippen molar-refractivity contribution in [1.29, 1.82) is 0 Å². The van der Waals surface area contributed by atoms with Crippen molar-refractivity contribution < 1.29 is 14.4 Å². The summed E-state index contributed by atoms with van der Waals surface area (Å²) in [6.07, 6.45) is 0. The van der Waals surface area contributed by atoms with Gasteiger partial charge in [0.15, 0.2) is 0 Å². The Balaban J connectivity index is 0. The van der Waals surface area contributed by atoms with Crippen molar-refractivity contribution in [1.82, 2.24) is 0 Å². The van der Waals surface area contributed by atoms with Crippen LogP contribution in [0.3, 0.4) is 0 Å². The number of hydrogen-bond acceptors (Lipinski definition) is 3. The standard InChI is InChI=1S/H3O3P.S/c1-4(2)3;/h4H,(H2,1,2,3);/q;+2/p-2. The van der Waals surface area contributed by atoms with Crippen molar-refractivity contribution in [2.24, 2.45) is 0 Å². The van der Waals surface area contributed by atoms with Crippen molar-refractivity contribution in [2.75, 3.05) is 0 Å². The lowest BCUT2D eigenvalue weighted by Gasteiger charge is -2.03. The van der Waals surface area contributed by atoms with Gasteiger partial charge in [-0.2, -0.15) is 0 Å². The van der Waals surface area contributed by atoms with E-state index in [0.29, 0.717) is 0 Å². The molecule has 0 spiro atoms. The van der Waals surface area contributed by atoms with E-state index in [1.165, 1.54) is 0 Å². The molecule has 5 heteroatoms. The molecular weight excluding hydrogens is 111 g/mol. The molecule has 0 N–H and O–H groups in total. The first-order valence-electron chi connectivity index (χ1n) is 0.612. The third-order valence-electron chi connectivity index (χ3n) is 0. The van der Waals surface area contributed by atoms with E-state index in [9.17, 15) is 0 Å². The van der Waals surface area contributed by atoms with Crippen LogP contribution in [0.1, 0.15) is 0 Å². The fraction of sp³-hybridized carbons (Fsp3) is 0. The third kappa shape index (κ3) is 113. The second-order valence-corrected chi connectivity index (χ2v) is 0.750. The van der Waals surface area contributed by atoms with Gasteiger partial charge >= 0.3 is 13.5 Å². The quantitative estimate of drug-likeness (QED) is 0.343. The van der Waals surface area contributed by atoms with Crippen molar-refractivity contribution in [3.05, 3.63) is 0 Å². The van der Waals surface area contributed by atoms with Crippen LogP contribution in [0.4, 0.5) is 0 Å². The van der Waals surface area contributed by atoms with E-state index in [4.69, 9.17) is 14.4 Å². The maximum absolute atomic E-state index is 8.52. The van der Waals surface area contributed by atoms with Gasteiger partial charge < -0.3 is 14.4 Å². The molecule has 0 amide bonds. The lowest BCUT2D eigenvalue weighted by molar-refractivity contribution is -0.297. The van der Waals surface area contributed by atoms with Gasteiger partial charge in [-0.3, -0.25) is 0 Å². The summed E-state index contributed by atoms with van der Waals surface area (Å²) in [5.74, 6) is 0. The molecule has 0 fully saturated rings. The Kier molecular flexibility index (Phi) is 8.18. The molecule has 4 radical (unpaired) electrons. The van der Waals surface area contributed by atoms with Gasteiger partial charge in [-0.1, -0.05) is 8.25 Å². The van der Waals surface area contributed by atoms with E-state index in [1.807, 2.05) is 0 Å². The Morgan fingerprint density at radius 1 is 1.40 bits per heavy atom. The zero-order valence-electron chi connectivity index (χ0n) is 2.13. The Morgan fingerprint density at radius 2 is 1.40 bits per heavy atom. The highest BCUT2D eigenvalue weighted by Gasteiger charge is 2.00. The van der Waals surface area contributed by atoms with Crippen molar-refractivity contribution in [2.45, 2.75) is 0 Å². The SMILES string of the molecule is O=[PH]([O-])[O-].[S+2]. The van der Waals surface area contributed by atoms with Gasteiger partial charge in [0.05, 0.1) is 0 Å². The van der Waals surface area contributed by atoms with Gasteiger partial charge in [0.1, 0.15) is 0 Å². The summed E-state index contributed by atoms with van der Waals surface area (Å²) in [4.78, 5) is 17.0. The van der Waals surface area contributed by atoms with Gasteiger partial charge in [0.25, 0.3) is 0 Å². The summed E-state index contributed by atoms with van der Waals surface area (Å²) in [5, 5.41) is 0. The first-order valence-corrected chi connectivity index (χ1v) is 1.84. The van der Waals surface area contributed by atoms with Gasteiger partial charge in [-0.05, 0) is 0 Å². The average molecular weight is 112 g/mol. The zero-order valence-corrected chi connectivity index (χ0v) is 3.95. The first-order chi connectivity index (χ1) is 1.73. The Hall–Kier alpha value is 0.500. The van der Waals surface area contributed by atoms with Crippen LogP contribution in [0.15, 0.2) is 0 Å². The highest BCUT2D eigenvalue weighted by molar-refractivity contribution is 7.37. The summed E-state index contributed by atoms with van der Waals surface area (Å²) in [6.45, 7) is 0. The normalized spacial score (nSPS) is 7.00. The predicted molar refractivity (Wildman–Crippen MR) is 16.4 cm³/mol. The molecule has 0 aliphatic rings. The zero-order chi connectivity index (χ0) is 3.58. The summed E-state index contributed by atoms with van der Waals surface area (Å²) < 4.78 is 8.52. The molecule has 0 aliphatic carbocycles. The molecule has 0 bridgehead atoms. The second-order valence-electron chi connectivity index (χ2n) is 0.250. The summed E-state index contributed by atoms with van der Waals surface area (Å²) in [6, 6.07) is 0. The Bertz CT molecular complexity index is 29.9. The smallest absolute Gasteiger partial charge is 0.813 e. The molecule has 0 aromatic rings. The predicted octanol–water partition coefficient (Wildman–Crippen LogP) is -1.91. The maximum Gasteiger partial charge on any atom is 2.00 e. The number of rotatable bonds is 0. The summed E-state index contributed by atoms with van der Waals surface area (Å²) >= 11 is 0. The van der Waals surface area contributed by atoms with Gasteiger partial charge in [0, 0.05) is 0 Å². The molecule has 0 saturated carbocycles. The van der Waals surface area contributed by atoms with Crippen molar-refractivity contribution >= 4 is 21.8 Å². The molecule has 3 nitrogen and oxygen atoms in total. The molecule has 0 rings (SSSR count).